The van der Waals surface area contributed by atoms with Gasteiger partial charge in [-0.25, -0.2) is 8.42 Å². The first-order chi connectivity index (χ1) is 13.3. The minimum Gasteiger partial charge on any atom is -0.277 e. The van der Waals surface area contributed by atoms with E-state index in [1.807, 2.05) is 6.07 Å². The van der Waals surface area contributed by atoms with Crippen LogP contribution in [0.5, 0.6) is 0 Å². The van der Waals surface area contributed by atoms with Crippen molar-refractivity contribution in [3.63, 3.8) is 0 Å². The van der Waals surface area contributed by atoms with Gasteiger partial charge < -0.3 is 0 Å². The van der Waals surface area contributed by atoms with E-state index in [1.54, 1.807) is 38.1 Å². The summed E-state index contributed by atoms with van der Waals surface area (Å²) < 4.78 is 27.0. The van der Waals surface area contributed by atoms with E-state index in [1.165, 1.54) is 22.7 Å². The number of benzene rings is 2. The zero-order valence-corrected chi connectivity index (χ0v) is 16.2. The first-order valence-electron chi connectivity index (χ1n) is 8.41. The molecule has 9 nitrogen and oxygen atoms in total. The predicted octanol–water partition coefficient (Wildman–Crippen LogP) is 2.94. The zero-order valence-electron chi connectivity index (χ0n) is 15.4. The molecule has 2 aromatic rings. The number of nitrogens with zero attached hydrogens (tertiary/aromatic N) is 4. The summed E-state index contributed by atoms with van der Waals surface area (Å²) in [6.07, 6.45) is 1.45. The Kier molecular flexibility index (Phi) is 6.81. The lowest BCUT2D eigenvalue weighted by molar-refractivity contribution is -0.385. The minimum atomic E-state index is -3.94. The molecule has 2 rings (SSSR count). The van der Waals surface area contributed by atoms with Crippen molar-refractivity contribution in [1.82, 2.24) is 4.31 Å². The Morgan fingerprint density at radius 1 is 1.21 bits per heavy atom. The Balaban J connectivity index is 2.39. The molecule has 0 bridgehead atoms. The molecule has 0 heterocycles. The van der Waals surface area contributed by atoms with E-state index in [0.717, 1.165) is 6.07 Å². The molecule has 0 saturated heterocycles. The van der Waals surface area contributed by atoms with Gasteiger partial charge in [-0.05, 0) is 23.8 Å². The van der Waals surface area contributed by atoms with Crippen molar-refractivity contribution in [3.05, 3.63) is 63.7 Å². The van der Waals surface area contributed by atoms with E-state index in [-0.39, 0.29) is 29.4 Å². The fourth-order valence-electron chi connectivity index (χ4n) is 2.45. The van der Waals surface area contributed by atoms with Crippen LogP contribution in [0.3, 0.4) is 0 Å². The van der Waals surface area contributed by atoms with Crippen molar-refractivity contribution >= 4 is 27.6 Å². The van der Waals surface area contributed by atoms with Crippen LogP contribution in [0.4, 0.5) is 11.4 Å². The maximum atomic E-state index is 12.9. The van der Waals surface area contributed by atoms with Crippen molar-refractivity contribution < 1.29 is 13.3 Å². The van der Waals surface area contributed by atoms with Crippen LogP contribution in [0.25, 0.3) is 0 Å². The van der Waals surface area contributed by atoms with Crippen molar-refractivity contribution in [2.75, 3.05) is 18.5 Å². The number of non-ortho nitro benzene ring substituents is 1. The van der Waals surface area contributed by atoms with Crippen molar-refractivity contribution in [3.8, 4) is 6.07 Å². The van der Waals surface area contributed by atoms with Crippen LogP contribution in [0.1, 0.15) is 25.0 Å². The molecule has 10 heteroatoms. The van der Waals surface area contributed by atoms with Gasteiger partial charge in [-0.15, -0.1) is 0 Å². The maximum Gasteiger partial charge on any atom is 0.270 e. The smallest absolute Gasteiger partial charge is 0.270 e. The number of hydrogen-bond acceptors (Lipinski definition) is 7. The summed E-state index contributed by atoms with van der Waals surface area (Å²) in [4.78, 5) is 10.2. The highest BCUT2D eigenvalue weighted by molar-refractivity contribution is 7.89. The van der Waals surface area contributed by atoms with Gasteiger partial charge in [-0.3, -0.25) is 15.5 Å². The Labute approximate surface area is 163 Å². The summed E-state index contributed by atoms with van der Waals surface area (Å²) in [5, 5.41) is 23.9. The third kappa shape index (κ3) is 4.70. The van der Waals surface area contributed by atoms with Gasteiger partial charge in [0.25, 0.3) is 5.69 Å². The lowest BCUT2D eigenvalue weighted by atomic mass is 10.2. The maximum absolute atomic E-state index is 12.9. The van der Waals surface area contributed by atoms with Gasteiger partial charge in [0.1, 0.15) is 4.90 Å². The molecule has 0 aliphatic rings. The average molecular weight is 401 g/mol. The van der Waals surface area contributed by atoms with Crippen molar-refractivity contribution in [2.45, 2.75) is 18.7 Å². The Morgan fingerprint density at radius 3 is 2.39 bits per heavy atom. The van der Waals surface area contributed by atoms with E-state index in [0.29, 0.717) is 11.1 Å². The molecule has 0 aliphatic carbocycles. The van der Waals surface area contributed by atoms with Gasteiger partial charge in [-0.1, -0.05) is 26.0 Å². The molecular formula is C18H19N5O4S. The second kappa shape index (κ2) is 9.07. The molecule has 1 N–H and O–H groups in total. The average Bonchev–Trinajstić information content (AvgIpc) is 2.69. The highest BCUT2D eigenvalue weighted by atomic mass is 32.2. The number of rotatable bonds is 8. The Morgan fingerprint density at radius 2 is 1.86 bits per heavy atom. The monoisotopic (exact) mass is 401 g/mol. The fourth-order valence-corrected chi connectivity index (χ4v) is 4.07. The predicted molar refractivity (Wildman–Crippen MR) is 106 cm³/mol. The number of nitro groups is 1. The molecule has 0 aliphatic heterocycles. The van der Waals surface area contributed by atoms with Gasteiger partial charge in [0, 0.05) is 25.2 Å². The van der Waals surface area contributed by atoms with Crippen LogP contribution in [-0.4, -0.2) is 37.0 Å². The summed E-state index contributed by atoms with van der Waals surface area (Å²) in [6.45, 7) is 3.84. The lowest BCUT2D eigenvalue weighted by Gasteiger charge is -2.20. The molecule has 0 amide bonds. The summed E-state index contributed by atoms with van der Waals surface area (Å²) >= 11 is 0. The summed E-state index contributed by atoms with van der Waals surface area (Å²) in [5.41, 5.74) is 3.65. The van der Waals surface area contributed by atoms with Crippen LogP contribution in [0.15, 0.2) is 52.5 Å². The summed E-state index contributed by atoms with van der Waals surface area (Å²) in [6, 6.07) is 12.2. The van der Waals surface area contributed by atoms with Crippen LogP contribution in [0.2, 0.25) is 0 Å². The molecule has 0 saturated carbocycles. The third-order valence-electron chi connectivity index (χ3n) is 3.94. The quantitative estimate of drug-likeness (QED) is 0.411. The number of nitriles is 1. The summed E-state index contributed by atoms with van der Waals surface area (Å²) in [7, 11) is -3.94. The first-order valence-corrected chi connectivity index (χ1v) is 9.85. The molecule has 0 radical (unpaired) electrons. The Bertz CT molecular complexity index is 1020. The van der Waals surface area contributed by atoms with E-state index in [2.05, 4.69) is 10.5 Å². The number of nitro benzene ring substituents is 1. The lowest BCUT2D eigenvalue weighted by Crippen LogP contribution is -2.31. The molecule has 2 aromatic carbocycles. The fraction of sp³-hybridized carbons (Fsp3) is 0.222. The summed E-state index contributed by atoms with van der Waals surface area (Å²) in [5.74, 6) is 0. The second-order valence-corrected chi connectivity index (χ2v) is 7.54. The minimum absolute atomic E-state index is 0.127. The highest BCUT2D eigenvalue weighted by Gasteiger charge is 2.27. The normalized spacial score (nSPS) is 11.5. The second-order valence-electron chi connectivity index (χ2n) is 5.63. The number of sulfonamides is 1. The van der Waals surface area contributed by atoms with Gasteiger partial charge in [-0.2, -0.15) is 14.7 Å². The SMILES string of the molecule is CCN(CC)S(=O)(=O)c1cc([N+](=O)[O-])ccc1NN=Cc1ccc(C#N)cc1. The molecule has 0 atom stereocenters. The van der Waals surface area contributed by atoms with E-state index < -0.39 is 14.9 Å². The van der Waals surface area contributed by atoms with Crippen LogP contribution in [-0.2, 0) is 10.0 Å². The largest absolute Gasteiger partial charge is 0.277 e. The van der Waals surface area contributed by atoms with Crippen molar-refractivity contribution in [2.24, 2.45) is 5.10 Å². The van der Waals surface area contributed by atoms with Crippen LogP contribution >= 0.6 is 0 Å². The standard InChI is InChI=1S/C18H19N5O4S/c1-3-22(4-2)28(26,27)18-11-16(23(24)25)9-10-17(18)21-20-13-15-7-5-14(12-19)6-8-15/h5-11,13,21H,3-4H2,1-2H3. The van der Waals surface area contributed by atoms with Gasteiger partial charge in [0.15, 0.2) is 0 Å². The molecule has 28 heavy (non-hydrogen) atoms. The molecule has 0 fully saturated rings. The molecule has 0 unspecified atom stereocenters. The van der Waals surface area contributed by atoms with Crippen LogP contribution < -0.4 is 5.43 Å². The topological polar surface area (TPSA) is 129 Å². The zero-order chi connectivity index (χ0) is 20.7. The number of anilines is 1. The van der Waals surface area contributed by atoms with Gasteiger partial charge >= 0.3 is 0 Å². The van der Waals surface area contributed by atoms with E-state index in [9.17, 15) is 18.5 Å². The van der Waals surface area contributed by atoms with Crippen molar-refractivity contribution in [1.29, 1.82) is 5.26 Å². The molecular weight excluding hydrogens is 382 g/mol. The number of hydrazone groups is 1. The van der Waals surface area contributed by atoms with E-state index >= 15 is 0 Å². The number of hydrogen-bond donors (Lipinski definition) is 1. The van der Waals surface area contributed by atoms with Crippen LogP contribution in [0, 0.1) is 21.4 Å². The first kappa shape index (κ1) is 21.0. The highest BCUT2D eigenvalue weighted by Crippen LogP contribution is 2.29. The molecule has 0 aromatic heterocycles. The number of nitrogens with one attached hydrogen (secondary N) is 1. The molecule has 146 valence electrons. The third-order valence-corrected chi connectivity index (χ3v) is 6.03. The Hall–Kier alpha value is -3.29. The molecule has 0 spiro atoms. The van der Waals surface area contributed by atoms with Gasteiger partial charge in [0.05, 0.1) is 28.5 Å². The van der Waals surface area contributed by atoms with Gasteiger partial charge in [0.2, 0.25) is 10.0 Å². The van der Waals surface area contributed by atoms with E-state index in [4.69, 9.17) is 5.26 Å².